The molecule has 2 aliphatic heterocycles. The molecule has 5 rings (SSSR count). The standard InChI is InChI=1S/C28H36FN3O3/c29-21-9-13-25(35-23-11-12-23)24(17-21)26(28(33)34)32-16-14-19(18-32)5-2-1-3-7-22-10-8-20-6-4-15-30-27(20)31-22/h8-10,13,17,19,23,26H,1-7,11-12,14-16,18H2,(H,30,31)(H,33,34). The van der Waals surface area contributed by atoms with E-state index in [9.17, 15) is 14.3 Å². The number of ether oxygens (including phenoxy) is 1. The van der Waals surface area contributed by atoms with Gasteiger partial charge >= 0.3 is 5.97 Å². The van der Waals surface area contributed by atoms with Crippen LogP contribution >= 0.6 is 0 Å². The lowest BCUT2D eigenvalue weighted by Gasteiger charge is -2.26. The van der Waals surface area contributed by atoms with Crippen molar-refractivity contribution < 1.29 is 19.0 Å². The molecule has 1 aromatic carbocycles. The second-order valence-corrected chi connectivity index (χ2v) is 10.3. The number of aliphatic carboxylic acids is 1. The van der Waals surface area contributed by atoms with Gasteiger partial charge in [0.1, 0.15) is 23.4 Å². The number of hydrogen-bond acceptors (Lipinski definition) is 5. The van der Waals surface area contributed by atoms with E-state index in [4.69, 9.17) is 9.72 Å². The summed E-state index contributed by atoms with van der Waals surface area (Å²) in [4.78, 5) is 19.0. The number of likely N-dealkylation sites (tertiary alicyclic amines) is 1. The Bertz CT molecular complexity index is 1040. The fourth-order valence-electron chi connectivity index (χ4n) is 5.45. The molecule has 6 nitrogen and oxygen atoms in total. The molecule has 0 bridgehead atoms. The van der Waals surface area contributed by atoms with Gasteiger partial charge in [-0.3, -0.25) is 9.69 Å². The van der Waals surface area contributed by atoms with Crippen molar-refractivity contribution in [3.8, 4) is 5.75 Å². The van der Waals surface area contributed by atoms with Gasteiger partial charge in [-0.2, -0.15) is 0 Å². The Hall–Kier alpha value is -2.67. The highest BCUT2D eigenvalue weighted by atomic mass is 19.1. The number of benzene rings is 1. The van der Waals surface area contributed by atoms with Crippen molar-refractivity contribution in [2.75, 3.05) is 25.0 Å². The van der Waals surface area contributed by atoms with Gasteiger partial charge in [0.25, 0.3) is 0 Å². The summed E-state index contributed by atoms with van der Waals surface area (Å²) in [7, 11) is 0. The number of carbonyl (C=O) groups is 1. The highest BCUT2D eigenvalue weighted by Crippen LogP contribution is 2.37. The highest BCUT2D eigenvalue weighted by molar-refractivity contribution is 5.77. The summed E-state index contributed by atoms with van der Waals surface area (Å²) in [5.74, 6) is 0.690. The maximum absolute atomic E-state index is 14.1. The van der Waals surface area contributed by atoms with Crippen LogP contribution in [0, 0.1) is 11.7 Å². The topological polar surface area (TPSA) is 74.7 Å². The molecule has 2 aromatic rings. The first-order valence-electron chi connectivity index (χ1n) is 13.2. The number of anilines is 1. The molecule has 2 fully saturated rings. The summed E-state index contributed by atoms with van der Waals surface area (Å²) in [5.41, 5.74) is 2.93. The summed E-state index contributed by atoms with van der Waals surface area (Å²) in [5, 5.41) is 13.4. The van der Waals surface area contributed by atoms with E-state index in [2.05, 4.69) is 17.4 Å². The molecule has 1 saturated carbocycles. The lowest BCUT2D eigenvalue weighted by molar-refractivity contribution is -0.143. The van der Waals surface area contributed by atoms with Crippen LogP contribution in [0.2, 0.25) is 0 Å². The lowest BCUT2D eigenvalue weighted by Crippen LogP contribution is -2.33. The number of fused-ring (bicyclic) bond motifs is 1. The van der Waals surface area contributed by atoms with Crippen LogP contribution in [-0.2, 0) is 17.6 Å². The maximum Gasteiger partial charge on any atom is 0.325 e. The molecule has 2 atom stereocenters. The number of nitrogens with zero attached hydrogens (tertiary/aromatic N) is 2. The minimum absolute atomic E-state index is 0.132. The molecule has 3 aliphatic rings. The van der Waals surface area contributed by atoms with Crippen LogP contribution in [0.25, 0.3) is 0 Å². The van der Waals surface area contributed by atoms with Crippen molar-refractivity contribution in [1.29, 1.82) is 0 Å². The Kier molecular flexibility index (Phi) is 7.51. The quantitative estimate of drug-likeness (QED) is 0.420. The molecule has 0 radical (unpaired) electrons. The zero-order chi connectivity index (χ0) is 24.2. The van der Waals surface area contributed by atoms with Crippen molar-refractivity contribution >= 4 is 11.8 Å². The zero-order valence-electron chi connectivity index (χ0n) is 20.3. The van der Waals surface area contributed by atoms with Crippen molar-refractivity contribution in [2.24, 2.45) is 5.92 Å². The molecule has 3 heterocycles. The van der Waals surface area contributed by atoms with Gasteiger partial charge in [-0.15, -0.1) is 0 Å². The number of nitrogens with one attached hydrogen (secondary N) is 1. The summed E-state index contributed by atoms with van der Waals surface area (Å²) >= 11 is 0. The van der Waals surface area contributed by atoms with Crippen LogP contribution in [-0.4, -0.2) is 46.7 Å². The molecule has 1 saturated heterocycles. The molecule has 2 N–H and O–H groups in total. The molecule has 0 spiro atoms. The fraction of sp³-hybridized carbons (Fsp3) is 0.571. The van der Waals surface area contributed by atoms with Gasteiger partial charge in [0.05, 0.1) is 6.10 Å². The third-order valence-corrected chi connectivity index (χ3v) is 7.50. The van der Waals surface area contributed by atoms with Gasteiger partial charge in [-0.1, -0.05) is 18.9 Å². The molecule has 7 heteroatoms. The van der Waals surface area contributed by atoms with E-state index in [1.165, 1.54) is 24.1 Å². The van der Waals surface area contributed by atoms with Crippen LogP contribution in [0.15, 0.2) is 30.3 Å². The predicted molar refractivity (Wildman–Crippen MR) is 133 cm³/mol. The van der Waals surface area contributed by atoms with Crippen LogP contribution in [0.1, 0.15) is 74.2 Å². The van der Waals surface area contributed by atoms with Gasteiger partial charge in [-0.25, -0.2) is 9.37 Å². The van der Waals surface area contributed by atoms with E-state index in [1.54, 1.807) is 6.07 Å². The minimum Gasteiger partial charge on any atom is -0.490 e. The van der Waals surface area contributed by atoms with Crippen LogP contribution in [0.3, 0.4) is 0 Å². The number of carboxylic acid groups (broad SMARTS) is 1. The number of carboxylic acids is 1. The Morgan fingerprint density at radius 1 is 1.20 bits per heavy atom. The van der Waals surface area contributed by atoms with Crippen molar-refractivity contribution in [2.45, 2.75) is 76.4 Å². The Morgan fingerprint density at radius 2 is 2.09 bits per heavy atom. The summed E-state index contributed by atoms with van der Waals surface area (Å²) in [6, 6.07) is 7.79. The number of hydrogen-bond donors (Lipinski definition) is 2. The molecule has 0 amide bonds. The van der Waals surface area contributed by atoms with Crippen LogP contribution in [0.4, 0.5) is 10.2 Å². The van der Waals surface area contributed by atoms with Crippen molar-refractivity contribution in [3.05, 3.63) is 53.0 Å². The van der Waals surface area contributed by atoms with Crippen molar-refractivity contribution in [1.82, 2.24) is 9.88 Å². The summed E-state index contributed by atoms with van der Waals surface area (Å²) in [6.07, 6.45) is 10.8. The van der Waals surface area contributed by atoms with Gasteiger partial charge in [0.2, 0.25) is 0 Å². The first-order chi connectivity index (χ1) is 17.1. The molecular weight excluding hydrogens is 445 g/mol. The van der Waals surface area contributed by atoms with E-state index < -0.39 is 17.8 Å². The number of halogens is 1. The molecule has 1 aromatic heterocycles. The molecule has 188 valence electrons. The number of aryl methyl sites for hydroxylation is 2. The molecule has 1 aliphatic carbocycles. The first kappa shape index (κ1) is 24.0. The first-order valence-corrected chi connectivity index (χ1v) is 13.2. The van der Waals surface area contributed by atoms with Crippen LogP contribution in [0.5, 0.6) is 5.75 Å². The molecule has 35 heavy (non-hydrogen) atoms. The Labute approximate surface area is 206 Å². The number of rotatable bonds is 11. The average Bonchev–Trinajstić information content (AvgIpc) is 3.56. The highest BCUT2D eigenvalue weighted by Gasteiger charge is 2.36. The molecule has 2 unspecified atom stereocenters. The van der Waals surface area contributed by atoms with Crippen molar-refractivity contribution in [3.63, 3.8) is 0 Å². The normalized spacial score (nSPS) is 20.8. The Morgan fingerprint density at radius 3 is 2.91 bits per heavy atom. The smallest absolute Gasteiger partial charge is 0.325 e. The predicted octanol–water partition coefficient (Wildman–Crippen LogP) is 5.37. The summed E-state index contributed by atoms with van der Waals surface area (Å²) < 4.78 is 20.0. The average molecular weight is 482 g/mol. The fourth-order valence-corrected chi connectivity index (χ4v) is 5.45. The maximum atomic E-state index is 14.1. The van der Waals surface area contributed by atoms with E-state index in [-0.39, 0.29) is 6.10 Å². The minimum atomic E-state index is -0.941. The zero-order valence-corrected chi connectivity index (χ0v) is 20.3. The third kappa shape index (κ3) is 6.13. The van der Waals surface area contributed by atoms with E-state index in [1.807, 2.05) is 4.90 Å². The number of pyridine rings is 1. The van der Waals surface area contributed by atoms with E-state index in [0.717, 1.165) is 82.4 Å². The van der Waals surface area contributed by atoms with Gasteiger partial charge in [0, 0.05) is 24.3 Å². The Balaban J connectivity index is 1.10. The monoisotopic (exact) mass is 481 g/mol. The van der Waals surface area contributed by atoms with Gasteiger partial charge < -0.3 is 15.2 Å². The second kappa shape index (κ2) is 10.9. The van der Waals surface area contributed by atoms with Gasteiger partial charge in [-0.05, 0) is 93.7 Å². The lowest BCUT2D eigenvalue weighted by atomic mass is 9.99. The number of aromatic nitrogens is 1. The largest absolute Gasteiger partial charge is 0.490 e. The summed E-state index contributed by atoms with van der Waals surface area (Å²) in [6.45, 7) is 2.46. The molecular formula is C28H36FN3O3. The third-order valence-electron chi connectivity index (χ3n) is 7.50. The van der Waals surface area contributed by atoms with E-state index in [0.29, 0.717) is 23.8 Å². The van der Waals surface area contributed by atoms with Gasteiger partial charge in [0.15, 0.2) is 0 Å². The number of unbranched alkanes of at least 4 members (excludes halogenated alkanes) is 2. The van der Waals surface area contributed by atoms with Crippen LogP contribution < -0.4 is 10.1 Å². The SMILES string of the molecule is O=C(O)C(c1cc(F)ccc1OC1CC1)N1CCC(CCCCCc2ccc3c(n2)NCCC3)C1. The second-order valence-electron chi connectivity index (χ2n) is 10.3. The van der Waals surface area contributed by atoms with E-state index >= 15 is 0 Å².